The average Bonchev–Trinajstić information content (AvgIpc) is 2.60. The number of nitrogen functional groups attached to an aromatic ring is 1. The maximum absolute atomic E-state index is 6.05. The van der Waals surface area contributed by atoms with E-state index < -0.39 is 0 Å². The molecule has 3 nitrogen and oxygen atoms in total. The Kier molecular flexibility index (Phi) is 3.28. The monoisotopic (exact) mass is 269 g/mol. The van der Waals surface area contributed by atoms with Gasteiger partial charge in [0.25, 0.3) is 0 Å². The Hall–Kier alpha value is -1.77. The molecule has 0 radical (unpaired) electrons. The molecule has 3 rings (SSSR count). The first-order valence-corrected chi connectivity index (χ1v) is 7.45. The lowest BCUT2D eigenvalue weighted by Gasteiger charge is -2.26. The largest absolute Gasteiger partial charge is 0.397 e. The summed E-state index contributed by atoms with van der Waals surface area (Å²) in [5, 5.41) is 1.17. The van der Waals surface area contributed by atoms with E-state index in [0.29, 0.717) is 5.41 Å². The predicted octanol–water partition coefficient (Wildman–Crippen LogP) is 3.83. The Morgan fingerprint density at radius 1 is 1.15 bits per heavy atom. The van der Waals surface area contributed by atoms with Gasteiger partial charge in [0.15, 0.2) is 0 Å². The Bertz CT molecular complexity index is 619. The summed E-state index contributed by atoms with van der Waals surface area (Å²) < 4.78 is 0. The second-order valence-electron chi connectivity index (χ2n) is 6.58. The molecule has 106 valence electrons. The molecular weight excluding hydrogens is 246 g/mol. The smallest absolute Gasteiger partial charge is 0.0951 e. The highest BCUT2D eigenvalue weighted by molar-refractivity contribution is 5.98. The normalized spacial score (nSPS) is 19.0. The van der Waals surface area contributed by atoms with Crippen LogP contribution in [0.2, 0.25) is 0 Å². The van der Waals surface area contributed by atoms with E-state index in [1.165, 1.54) is 30.3 Å². The molecule has 1 aliphatic heterocycles. The summed E-state index contributed by atoms with van der Waals surface area (Å²) in [5.74, 6) is 0. The molecule has 0 spiro atoms. The zero-order valence-electron chi connectivity index (χ0n) is 12.4. The summed E-state index contributed by atoms with van der Waals surface area (Å²) in [6.07, 6.45) is 5.66. The molecular formula is C17H23N3. The molecule has 0 unspecified atom stereocenters. The highest BCUT2D eigenvalue weighted by atomic mass is 15.1. The summed E-state index contributed by atoms with van der Waals surface area (Å²) in [7, 11) is 0. The third kappa shape index (κ3) is 2.45. The molecule has 1 aromatic heterocycles. The predicted molar refractivity (Wildman–Crippen MR) is 86.0 cm³/mol. The Labute approximate surface area is 120 Å². The van der Waals surface area contributed by atoms with E-state index in [1.54, 1.807) is 0 Å². The van der Waals surface area contributed by atoms with Crippen LogP contribution in [0.3, 0.4) is 0 Å². The molecule has 1 saturated heterocycles. The van der Waals surface area contributed by atoms with Gasteiger partial charge in [0.2, 0.25) is 0 Å². The molecule has 0 saturated carbocycles. The van der Waals surface area contributed by atoms with Crippen molar-refractivity contribution in [3.63, 3.8) is 0 Å². The SMILES string of the molecule is CC1(C)CCCN(c2ccnc3c(N)cccc23)CC1. The van der Waals surface area contributed by atoms with Crippen LogP contribution in [0.4, 0.5) is 11.4 Å². The van der Waals surface area contributed by atoms with Crippen molar-refractivity contribution in [3.05, 3.63) is 30.5 Å². The van der Waals surface area contributed by atoms with Gasteiger partial charge >= 0.3 is 0 Å². The highest BCUT2D eigenvalue weighted by Crippen LogP contribution is 2.34. The fraction of sp³-hybridized carbons (Fsp3) is 0.471. The standard InChI is InChI=1S/C17H23N3/c1-17(2)8-4-11-20(12-9-17)15-7-10-19-16-13(15)5-3-6-14(16)18/h3,5-7,10H,4,8-9,11-12,18H2,1-2H3. The molecule has 2 aromatic rings. The molecule has 0 amide bonds. The van der Waals surface area contributed by atoms with E-state index in [2.05, 4.69) is 35.9 Å². The van der Waals surface area contributed by atoms with Gasteiger partial charge < -0.3 is 10.6 Å². The van der Waals surface area contributed by atoms with E-state index in [1.807, 2.05) is 18.3 Å². The third-order valence-corrected chi connectivity index (χ3v) is 4.46. The van der Waals surface area contributed by atoms with Crippen molar-refractivity contribution in [2.24, 2.45) is 5.41 Å². The number of pyridine rings is 1. The van der Waals surface area contributed by atoms with Gasteiger partial charge in [-0.3, -0.25) is 4.98 Å². The zero-order chi connectivity index (χ0) is 14.2. The number of nitrogens with zero attached hydrogens (tertiary/aromatic N) is 2. The second-order valence-corrected chi connectivity index (χ2v) is 6.58. The van der Waals surface area contributed by atoms with Crippen molar-refractivity contribution >= 4 is 22.3 Å². The molecule has 3 heteroatoms. The van der Waals surface area contributed by atoms with Crippen LogP contribution in [-0.4, -0.2) is 18.1 Å². The van der Waals surface area contributed by atoms with Gasteiger partial charge in [-0.25, -0.2) is 0 Å². The average molecular weight is 269 g/mol. The van der Waals surface area contributed by atoms with Gasteiger partial charge in [-0.05, 0) is 36.8 Å². The van der Waals surface area contributed by atoms with Gasteiger partial charge in [0, 0.05) is 30.4 Å². The lowest BCUT2D eigenvalue weighted by Crippen LogP contribution is -2.25. The quantitative estimate of drug-likeness (QED) is 0.800. The van der Waals surface area contributed by atoms with Crippen LogP contribution < -0.4 is 10.6 Å². The minimum atomic E-state index is 0.455. The van der Waals surface area contributed by atoms with Gasteiger partial charge in [0.05, 0.1) is 11.2 Å². The van der Waals surface area contributed by atoms with Crippen molar-refractivity contribution in [2.45, 2.75) is 33.1 Å². The number of aromatic nitrogens is 1. The second kappa shape index (κ2) is 4.97. The van der Waals surface area contributed by atoms with Gasteiger partial charge in [-0.2, -0.15) is 0 Å². The number of hydrogen-bond acceptors (Lipinski definition) is 3. The van der Waals surface area contributed by atoms with Crippen LogP contribution in [-0.2, 0) is 0 Å². The summed E-state index contributed by atoms with van der Waals surface area (Å²) in [6, 6.07) is 8.19. The van der Waals surface area contributed by atoms with Crippen molar-refractivity contribution in [3.8, 4) is 0 Å². The first-order valence-electron chi connectivity index (χ1n) is 7.45. The summed E-state index contributed by atoms with van der Waals surface area (Å²) in [5.41, 5.74) is 9.47. The van der Waals surface area contributed by atoms with Crippen molar-refractivity contribution in [2.75, 3.05) is 23.7 Å². The van der Waals surface area contributed by atoms with Crippen LogP contribution in [0.25, 0.3) is 10.9 Å². The Balaban J connectivity index is 2.00. The first kappa shape index (κ1) is 13.2. The number of para-hydroxylation sites is 1. The number of benzene rings is 1. The zero-order valence-corrected chi connectivity index (χ0v) is 12.4. The molecule has 0 atom stereocenters. The van der Waals surface area contributed by atoms with Crippen LogP contribution in [0, 0.1) is 5.41 Å². The lowest BCUT2D eigenvalue weighted by atomic mass is 9.85. The molecule has 2 N–H and O–H groups in total. The number of fused-ring (bicyclic) bond motifs is 1. The van der Waals surface area contributed by atoms with Crippen LogP contribution >= 0.6 is 0 Å². The molecule has 0 aliphatic carbocycles. The fourth-order valence-electron chi connectivity index (χ4n) is 3.12. The highest BCUT2D eigenvalue weighted by Gasteiger charge is 2.23. The van der Waals surface area contributed by atoms with Crippen molar-refractivity contribution in [1.29, 1.82) is 0 Å². The maximum Gasteiger partial charge on any atom is 0.0951 e. The first-order chi connectivity index (χ1) is 9.57. The lowest BCUT2D eigenvalue weighted by molar-refractivity contribution is 0.325. The van der Waals surface area contributed by atoms with Gasteiger partial charge in [0.1, 0.15) is 0 Å². The van der Waals surface area contributed by atoms with E-state index in [-0.39, 0.29) is 0 Å². The number of anilines is 2. The van der Waals surface area contributed by atoms with Gasteiger partial charge in [-0.15, -0.1) is 0 Å². The van der Waals surface area contributed by atoms with Crippen LogP contribution in [0.15, 0.2) is 30.5 Å². The maximum atomic E-state index is 6.05. The summed E-state index contributed by atoms with van der Waals surface area (Å²) >= 11 is 0. The van der Waals surface area contributed by atoms with E-state index >= 15 is 0 Å². The van der Waals surface area contributed by atoms with E-state index in [9.17, 15) is 0 Å². The topological polar surface area (TPSA) is 42.2 Å². The number of rotatable bonds is 1. The minimum Gasteiger partial charge on any atom is -0.397 e. The van der Waals surface area contributed by atoms with Gasteiger partial charge in [-0.1, -0.05) is 26.0 Å². The molecule has 2 heterocycles. The van der Waals surface area contributed by atoms with Crippen LogP contribution in [0.5, 0.6) is 0 Å². The molecule has 20 heavy (non-hydrogen) atoms. The van der Waals surface area contributed by atoms with E-state index in [0.717, 1.165) is 24.3 Å². The Morgan fingerprint density at radius 2 is 2.00 bits per heavy atom. The van der Waals surface area contributed by atoms with Crippen LogP contribution in [0.1, 0.15) is 33.1 Å². The molecule has 1 aromatic carbocycles. The Morgan fingerprint density at radius 3 is 2.85 bits per heavy atom. The van der Waals surface area contributed by atoms with E-state index in [4.69, 9.17) is 5.73 Å². The minimum absolute atomic E-state index is 0.455. The summed E-state index contributed by atoms with van der Waals surface area (Å²) in [6.45, 7) is 6.98. The summed E-state index contributed by atoms with van der Waals surface area (Å²) in [4.78, 5) is 6.93. The number of hydrogen-bond donors (Lipinski definition) is 1. The van der Waals surface area contributed by atoms with Crippen molar-refractivity contribution in [1.82, 2.24) is 4.98 Å². The molecule has 1 fully saturated rings. The number of nitrogens with two attached hydrogens (primary N) is 1. The molecule has 0 bridgehead atoms. The van der Waals surface area contributed by atoms with Crippen molar-refractivity contribution < 1.29 is 0 Å². The fourth-order valence-corrected chi connectivity index (χ4v) is 3.12. The third-order valence-electron chi connectivity index (χ3n) is 4.46. The molecule has 1 aliphatic rings.